The molecule has 0 radical (unpaired) electrons. The molecule has 6 nitrogen and oxygen atoms in total. The van der Waals surface area contributed by atoms with Gasteiger partial charge in [-0.25, -0.2) is 4.39 Å². The van der Waals surface area contributed by atoms with Gasteiger partial charge in [-0.2, -0.15) is 0 Å². The lowest BCUT2D eigenvalue weighted by molar-refractivity contribution is 0.0987. The minimum Gasteiger partial charge on any atom is -0.327 e. The van der Waals surface area contributed by atoms with E-state index in [0.717, 1.165) is 25.0 Å². The molecule has 2 unspecified atom stereocenters. The number of piperidine rings is 3. The van der Waals surface area contributed by atoms with Crippen LogP contribution in [0.4, 0.5) is 4.39 Å². The molecule has 7 heteroatoms. The SMILES string of the molecule is CC(C)N1CC2CCC1[C@H]2N.CC(C)N1C[C@@H](N)CC[C@H]1C.CC(C)N1C[C@H](N)C[C@@H](F)C1. The van der Waals surface area contributed by atoms with Gasteiger partial charge < -0.3 is 17.2 Å². The Bertz CT molecular complexity index is 541. The molecule has 2 bridgehead atoms. The molecule has 196 valence electrons. The zero-order valence-corrected chi connectivity index (χ0v) is 22.6. The van der Waals surface area contributed by atoms with Crippen LogP contribution < -0.4 is 17.2 Å². The highest BCUT2D eigenvalue weighted by atomic mass is 19.1. The van der Waals surface area contributed by atoms with Crippen LogP contribution in [0, 0.1) is 5.92 Å². The van der Waals surface area contributed by atoms with Crippen LogP contribution in [0.3, 0.4) is 0 Å². The van der Waals surface area contributed by atoms with Crippen molar-refractivity contribution in [3.05, 3.63) is 0 Å². The Kier molecular flexibility index (Phi) is 11.5. The Hall–Kier alpha value is -0.310. The quantitative estimate of drug-likeness (QED) is 0.588. The second kappa shape index (κ2) is 13.1. The van der Waals surface area contributed by atoms with Crippen molar-refractivity contribution in [2.45, 2.75) is 135 Å². The van der Waals surface area contributed by atoms with Crippen molar-refractivity contribution in [2.75, 3.05) is 26.2 Å². The van der Waals surface area contributed by atoms with E-state index in [1.807, 2.05) is 0 Å². The van der Waals surface area contributed by atoms with Crippen LogP contribution in [-0.2, 0) is 0 Å². The van der Waals surface area contributed by atoms with E-state index in [0.29, 0.717) is 49.2 Å². The number of nitrogens with two attached hydrogens (primary N) is 3. The average Bonchev–Trinajstić information content (AvgIpc) is 3.24. The number of hydrogen-bond donors (Lipinski definition) is 3. The van der Waals surface area contributed by atoms with Crippen molar-refractivity contribution in [1.82, 2.24) is 14.7 Å². The molecule has 6 N–H and O–H groups in total. The fourth-order valence-corrected chi connectivity index (χ4v) is 6.10. The standard InChI is InChI=1S/C9H18N2.C9H20N2.C8H17FN2/c1-6(2)11-5-7-3-4-8(11)9(7)10;1-7(2)11-6-9(10)5-4-8(11)3;1-6(2)11-4-7(9)3-8(10)5-11/h6-9H,3-5,10H2,1-2H3;7-9H,4-6,10H2,1-3H3;6-8H,3-5,10H2,1-2H3/t7?,8?,9-;8-,9+;7-,8-/m011/s1. The zero-order valence-electron chi connectivity index (χ0n) is 22.6. The fourth-order valence-electron chi connectivity index (χ4n) is 6.10. The van der Waals surface area contributed by atoms with Gasteiger partial charge in [0.25, 0.3) is 0 Å². The van der Waals surface area contributed by atoms with Crippen molar-refractivity contribution in [1.29, 1.82) is 0 Å². The molecule has 0 amide bonds. The monoisotopic (exact) mass is 470 g/mol. The summed E-state index contributed by atoms with van der Waals surface area (Å²) in [4.78, 5) is 7.16. The lowest BCUT2D eigenvalue weighted by Gasteiger charge is -2.39. The van der Waals surface area contributed by atoms with Gasteiger partial charge in [0.15, 0.2) is 0 Å². The van der Waals surface area contributed by atoms with Gasteiger partial charge in [-0.15, -0.1) is 0 Å². The Morgan fingerprint density at radius 2 is 1.33 bits per heavy atom. The molecule has 0 aromatic carbocycles. The van der Waals surface area contributed by atoms with Crippen molar-refractivity contribution < 1.29 is 4.39 Å². The Balaban J connectivity index is 0.000000175. The van der Waals surface area contributed by atoms with Crippen LogP contribution in [0.5, 0.6) is 0 Å². The molecule has 3 aliphatic heterocycles. The topological polar surface area (TPSA) is 87.8 Å². The van der Waals surface area contributed by atoms with Crippen molar-refractivity contribution in [3.63, 3.8) is 0 Å². The van der Waals surface area contributed by atoms with Crippen molar-refractivity contribution in [3.8, 4) is 0 Å². The average molecular weight is 471 g/mol. The highest BCUT2D eigenvalue weighted by Gasteiger charge is 2.45. The summed E-state index contributed by atoms with van der Waals surface area (Å²) in [6, 6.07) is 4.12. The van der Waals surface area contributed by atoms with Crippen LogP contribution >= 0.6 is 0 Å². The van der Waals surface area contributed by atoms with E-state index >= 15 is 0 Å². The molecule has 4 fully saturated rings. The number of fused-ring (bicyclic) bond motifs is 2. The third-order valence-corrected chi connectivity index (χ3v) is 8.18. The summed E-state index contributed by atoms with van der Waals surface area (Å²) in [5.74, 6) is 0.808. The van der Waals surface area contributed by atoms with Crippen LogP contribution in [-0.4, -0.2) is 95.4 Å². The van der Waals surface area contributed by atoms with E-state index in [-0.39, 0.29) is 6.04 Å². The van der Waals surface area contributed by atoms with Crippen molar-refractivity contribution in [2.24, 2.45) is 23.1 Å². The first kappa shape index (κ1) is 28.9. The molecule has 1 aliphatic carbocycles. The summed E-state index contributed by atoms with van der Waals surface area (Å²) >= 11 is 0. The molecule has 7 atom stereocenters. The van der Waals surface area contributed by atoms with E-state index in [1.165, 1.54) is 32.2 Å². The van der Waals surface area contributed by atoms with E-state index in [2.05, 4.69) is 63.2 Å². The summed E-state index contributed by atoms with van der Waals surface area (Å²) in [7, 11) is 0. The zero-order chi connectivity index (χ0) is 24.9. The molecule has 1 saturated carbocycles. The largest absolute Gasteiger partial charge is 0.327 e. The van der Waals surface area contributed by atoms with Gasteiger partial charge in [0, 0.05) is 74.5 Å². The number of hydrogen-bond acceptors (Lipinski definition) is 6. The summed E-state index contributed by atoms with van der Waals surface area (Å²) in [6.07, 6.45) is 4.98. The van der Waals surface area contributed by atoms with Gasteiger partial charge in [0.1, 0.15) is 6.17 Å². The number of alkyl halides is 1. The predicted molar refractivity (Wildman–Crippen MR) is 139 cm³/mol. The lowest BCUT2D eigenvalue weighted by Crippen LogP contribution is -2.50. The minimum absolute atomic E-state index is 0.0288. The molecule has 33 heavy (non-hydrogen) atoms. The number of likely N-dealkylation sites (tertiary alicyclic amines) is 3. The molecule has 3 saturated heterocycles. The molecule has 0 spiro atoms. The lowest BCUT2D eigenvalue weighted by atomic mass is 9.99. The van der Waals surface area contributed by atoms with Crippen LogP contribution in [0.25, 0.3) is 0 Å². The fraction of sp³-hybridized carbons (Fsp3) is 1.00. The summed E-state index contributed by atoms with van der Waals surface area (Å²) in [6.45, 7) is 19.2. The molecule has 3 heterocycles. The maximum absolute atomic E-state index is 12.9. The molecule has 4 rings (SSSR count). The third-order valence-electron chi connectivity index (χ3n) is 8.18. The van der Waals surface area contributed by atoms with E-state index in [9.17, 15) is 4.39 Å². The summed E-state index contributed by atoms with van der Waals surface area (Å²) < 4.78 is 12.9. The third kappa shape index (κ3) is 8.39. The van der Waals surface area contributed by atoms with Gasteiger partial charge >= 0.3 is 0 Å². The van der Waals surface area contributed by atoms with Crippen LogP contribution in [0.2, 0.25) is 0 Å². The Morgan fingerprint density at radius 1 is 0.697 bits per heavy atom. The molecular formula is C26H55FN6. The Labute approximate surface area is 203 Å². The van der Waals surface area contributed by atoms with Crippen LogP contribution in [0.15, 0.2) is 0 Å². The first-order chi connectivity index (χ1) is 15.4. The Morgan fingerprint density at radius 3 is 1.73 bits per heavy atom. The second-order valence-corrected chi connectivity index (χ2v) is 11.9. The summed E-state index contributed by atoms with van der Waals surface area (Å²) in [5.41, 5.74) is 17.6. The highest BCUT2D eigenvalue weighted by Crippen LogP contribution is 2.37. The van der Waals surface area contributed by atoms with Gasteiger partial charge in [0.05, 0.1) is 0 Å². The normalized spacial score (nSPS) is 37.8. The van der Waals surface area contributed by atoms with Gasteiger partial charge in [0.2, 0.25) is 0 Å². The summed E-state index contributed by atoms with van der Waals surface area (Å²) in [5, 5.41) is 0. The van der Waals surface area contributed by atoms with E-state index < -0.39 is 6.17 Å². The van der Waals surface area contributed by atoms with Gasteiger partial charge in [-0.1, -0.05) is 0 Å². The maximum Gasteiger partial charge on any atom is 0.114 e. The maximum atomic E-state index is 12.9. The van der Waals surface area contributed by atoms with E-state index in [4.69, 9.17) is 17.2 Å². The number of halogens is 1. The minimum atomic E-state index is -0.721. The number of nitrogens with zero attached hydrogens (tertiary/aromatic N) is 3. The predicted octanol–water partition coefficient (Wildman–Crippen LogP) is 2.79. The molecule has 4 aliphatic rings. The van der Waals surface area contributed by atoms with Crippen molar-refractivity contribution >= 4 is 0 Å². The second-order valence-electron chi connectivity index (χ2n) is 11.9. The first-order valence-electron chi connectivity index (χ1n) is 13.6. The molecule has 0 aromatic rings. The van der Waals surface area contributed by atoms with Crippen LogP contribution in [0.1, 0.15) is 80.6 Å². The van der Waals surface area contributed by atoms with Gasteiger partial charge in [-0.05, 0) is 86.5 Å². The number of rotatable bonds is 3. The molecule has 0 aromatic heterocycles. The van der Waals surface area contributed by atoms with Gasteiger partial charge in [-0.3, -0.25) is 14.7 Å². The smallest absolute Gasteiger partial charge is 0.114 e. The first-order valence-corrected chi connectivity index (χ1v) is 13.6. The highest BCUT2D eigenvalue weighted by molar-refractivity contribution is 5.02. The molecular weight excluding hydrogens is 415 g/mol. The van der Waals surface area contributed by atoms with E-state index in [1.54, 1.807) is 0 Å².